The molecule has 3 rings (SSSR count). The standard InChI is InChI=1S/C17H20N6O3S/c1-11-20-14(22-17-19-8-13(7-18)27-17)6-15(21-11)26-10-12-2-4-23(5-3-12)9-16(24)25/h6,8,12H,2-5,9-10H2,1H3,(H,24,25)(H,19,20,21,22). The van der Waals surface area contributed by atoms with Gasteiger partial charge in [0.05, 0.1) is 19.3 Å². The molecule has 1 aliphatic heterocycles. The summed E-state index contributed by atoms with van der Waals surface area (Å²) >= 11 is 1.25. The van der Waals surface area contributed by atoms with E-state index in [1.165, 1.54) is 17.5 Å². The lowest BCUT2D eigenvalue weighted by atomic mass is 9.98. The summed E-state index contributed by atoms with van der Waals surface area (Å²) in [6.07, 6.45) is 3.31. The number of aromatic nitrogens is 3. The number of carboxylic acid groups (broad SMARTS) is 1. The molecule has 10 heteroatoms. The summed E-state index contributed by atoms with van der Waals surface area (Å²) in [7, 11) is 0. The Morgan fingerprint density at radius 3 is 2.93 bits per heavy atom. The molecule has 0 radical (unpaired) electrons. The number of likely N-dealkylation sites (tertiary alicyclic amines) is 1. The van der Waals surface area contributed by atoms with Gasteiger partial charge in [-0.15, -0.1) is 0 Å². The molecule has 0 aliphatic carbocycles. The van der Waals surface area contributed by atoms with Gasteiger partial charge in [0, 0.05) is 6.07 Å². The number of carbonyl (C=O) groups is 1. The minimum atomic E-state index is -0.789. The van der Waals surface area contributed by atoms with E-state index in [-0.39, 0.29) is 6.54 Å². The van der Waals surface area contributed by atoms with Gasteiger partial charge >= 0.3 is 5.97 Å². The number of thiazole rings is 1. The Morgan fingerprint density at radius 2 is 2.26 bits per heavy atom. The fourth-order valence-electron chi connectivity index (χ4n) is 2.88. The maximum atomic E-state index is 10.8. The topological polar surface area (TPSA) is 124 Å². The second-order valence-electron chi connectivity index (χ2n) is 6.33. The molecule has 1 fully saturated rings. The van der Waals surface area contributed by atoms with Crippen LogP contribution in [0.4, 0.5) is 10.9 Å². The van der Waals surface area contributed by atoms with E-state index < -0.39 is 5.97 Å². The zero-order chi connectivity index (χ0) is 19.2. The van der Waals surface area contributed by atoms with Crippen molar-refractivity contribution in [1.29, 1.82) is 5.26 Å². The minimum Gasteiger partial charge on any atom is -0.480 e. The number of nitrogens with zero attached hydrogens (tertiary/aromatic N) is 5. The highest BCUT2D eigenvalue weighted by atomic mass is 32.1. The van der Waals surface area contributed by atoms with Gasteiger partial charge in [0.15, 0.2) is 5.13 Å². The first-order valence-corrected chi connectivity index (χ1v) is 9.39. The van der Waals surface area contributed by atoms with Crippen molar-refractivity contribution in [2.45, 2.75) is 19.8 Å². The maximum Gasteiger partial charge on any atom is 0.317 e. The van der Waals surface area contributed by atoms with Crippen molar-refractivity contribution in [2.24, 2.45) is 5.92 Å². The number of anilines is 2. The third kappa shape index (κ3) is 5.60. The Kier molecular flexibility index (Phi) is 6.16. The van der Waals surface area contributed by atoms with E-state index in [0.717, 1.165) is 25.9 Å². The van der Waals surface area contributed by atoms with Crippen LogP contribution in [0.5, 0.6) is 5.88 Å². The highest BCUT2D eigenvalue weighted by molar-refractivity contribution is 7.16. The van der Waals surface area contributed by atoms with Crippen molar-refractivity contribution in [3.05, 3.63) is 23.0 Å². The predicted molar refractivity (Wildman–Crippen MR) is 99.2 cm³/mol. The van der Waals surface area contributed by atoms with Gasteiger partial charge in [0.1, 0.15) is 22.6 Å². The Bertz CT molecular complexity index is 841. The number of nitrogens with one attached hydrogen (secondary N) is 1. The van der Waals surface area contributed by atoms with Crippen LogP contribution in [0.3, 0.4) is 0 Å². The highest BCUT2D eigenvalue weighted by Gasteiger charge is 2.21. The van der Waals surface area contributed by atoms with Crippen LogP contribution >= 0.6 is 11.3 Å². The molecule has 142 valence electrons. The number of carboxylic acids is 1. The molecule has 1 aliphatic rings. The van der Waals surface area contributed by atoms with E-state index in [4.69, 9.17) is 15.1 Å². The summed E-state index contributed by atoms with van der Waals surface area (Å²) in [6, 6.07) is 3.76. The van der Waals surface area contributed by atoms with Gasteiger partial charge in [-0.1, -0.05) is 11.3 Å². The van der Waals surface area contributed by atoms with Crippen LogP contribution in [0, 0.1) is 24.2 Å². The largest absolute Gasteiger partial charge is 0.480 e. The number of hydrogen-bond donors (Lipinski definition) is 2. The number of hydrogen-bond acceptors (Lipinski definition) is 9. The summed E-state index contributed by atoms with van der Waals surface area (Å²) in [5, 5.41) is 21.4. The van der Waals surface area contributed by atoms with E-state index in [1.807, 2.05) is 11.0 Å². The van der Waals surface area contributed by atoms with Crippen molar-refractivity contribution in [2.75, 3.05) is 31.6 Å². The predicted octanol–water partition coefficient (Wildman–Crippen LogP) is 2.03. The molecule has 2 aromatic heterocycles. The molecule has 9 nitrogen and oxygen atoms in total. The lowest BCUT2D eigenvalue weighted by Crippen LogP contribution is -2.38. The van der Waals surface area contributed by atoms with E-state index in [9.17, 15) is 4.79 Å². The average Bonchev–Trinajstić information content (AvgIpc) is 3.08. The van der Waals surface area contributed by atoms with E-state index in [2.05, 4.69) is 20.3 Å². The summed E-state index contributed by atoms with van der Waals surface area (Å²) in [5.41, 5.74) is 0. The summed E-state index contributed by atoms with van der Waals surface area (Å²) in [4.78, 5) is 26.0. The van der Waals surface area contributed by atoms with Crippen molar-refractivity contribution in [3.8, 4) is 11.9 Å². The Balaban J connectivity index is 1.54. The fourth-order valence-corrected chi connectivity index (χ4v) is 3.50. The number of aryl methyl sites for hydroxylation is 1. The summed E-state index contributed by atoms with van der Waals surface area (Å²) in [5.74, 6) is 1.20. The number of ether oxygens (including phenoxy) is 1. The Labute approximate surface area is 160 Å². The molecule has 0 atom stereocenters. The summed E-state index contributed by atoms with van der Waals surface area (Å²) < 4.78 is 5.85. The van der Waals surface area contributed by atoms with Gasteiger partial charge in [-0.3, -0.25) is 9.69 Å². The molecule has 0 saturated carbocycles. The zero-order valence-electron chi connectivity index (χ0n) is 14.9. The van der Waals surface area contributed by atoms with Crippen LogP contribution in [-0.4, -0.2) is 57.2 Å². The molecule has 2 N–H and O–H groups in total. The number of rotatable bonds is 7. The van der Waals surface area contributed by atoms with Crippen molar-refractivity contribution in [1.82, 2.24) is 19.9 Å². The Morgan fingerprint density at radius 1 is 1.48 bits per heavy atom. The molecule has 0 bridgehead atoms. The van der Waals surface area contributed by atoms with Gasteiger partial charge in [0.2, 0.25) is 5.88 Å². The van der Waals surface area contributed by atoms with E-state index >= 15 is 0 Å². The monoisotopic (exact) mass is 388 g/mol. The van der Waals surface area contributed by atoms with Crippen molar-refractivity contribution in [3.63, 3.8) is 0 Å². The van der Waals surface area contributed by atoms with E-state index in [1.54, 1.807) is 13.0 Å². The van der Waals surface area contributed by atoms with Crippen molar-refractivity contribution < 1.29 is 14.6 Å². The lowest BCUT2D eigenvalue weighted by molar-refractivity contribution is -0.138. The molecule has 2 aromatic rings. The van der Waals surface area contributed by atoms with Crippen molar-refractivity contribution >= 4 is 28.3 Å². The SMILES string of the molecule is Cc1nc(Nc2ncc(C#N)s2)cc(OCC2CCN(CC(=O)O)CC2)n1. The van der Waals surface area contributed by atoms with Gasteiger partial charge in [-0.2, -0.15) is 10.2 Å². The molecule has 0 spiro atoms. The molecule has 1 saturated heterocycles. The first kappa shape index (κ1) is 19.0. The first-order valence-electron chi connectivity index (χ1n) is 8.57. The lowest BCUT2D eigenvalue weighted by Gasteiger charge is -2.30. The van der Waals surface area contributed by atoms with Gasteiger partial charge in [-0.25, -0.2) is 9.97 Å². The highest BCUT2D eigenvalue weighted by Crippen LogP contribution is 2.24. The molecule has 0 aromatic carbocycles. The van der Waals surface area contributed by atoms with Crippen LogP contribution < -0.4 is 10.1 Å². The Hall–Kier alpha value is -2.77. The summed E-state index contributed by atoms with van der Waals surface area (Å²) in [6.45, 7) is 3.94. The molecular formula is C17H20N6O3S. The van der Waals surface area contributed by atoms with Gasteiger partial charge in [-0.05, 0) is 38.8 Å². The third-order valence-electron chi connectivity index (χ3n) is 4.20. The normalized spacial score (nSPS) is 15.3. The first-order chi connectivity index (χ1) is 13.0. The third-order valence-corrected chi connectivity index (χ3v) is 5.02. The molecular weight excluding hydrogens is 368 g/mol. The quantitative estimate of drug-likeness (QED) is 0.733. The maximum absolute atomic E-state index is 10.8. The minimum absolute atomic E-state index is 0.0952. The second kappa shape index (κ2) is 8.75. The van der Waals surface area contributed by atoms with Crippen LogP contribution in [-0.2, 0) is 4.79 Å². The average molecular weight is 388 g/mol. The van der Waals surface area contributed by atoms with Crippen LogP contribution in [0.1, 0.15) is 23.5 Å². The fraction of sp³-hybridized carbons (Fsp3) is 0.471. The van der Waals surface area contributed by atoms with Gasteiger partial charge < -0.3 is 15.2 Å². The molecule has 3 heterocycles. The molecule has 27 heavy (non-hydrogen) atoms. The van der Waals surface area contributed by atoms with E-state index in [0.29, 0.717) is 40.1 Å². The molecule has 0 unspecified atom stereocenters. The number of aliphatic carboxylic acids is 1. The number of nitriles is 1. The smallest absolute Gasteiger partial charge is 0.317 e. The number of piperidine rings is 1. The zero-order valence-corrected chi connectivity index (χ0v) is 15.7. The van der Waals surface area contributed by atoms with Gasteiger partial charge in [0.25, 0.3) is 0 Å². The van der Waals surface area contributed by atoms with Crippen LogP contribution in [0.25, 0.3) is 0 Å². The van der Waals surface area contributed by atoms with Crippen LogP contribution in [0.15, 0.2) is 12.3 Å². The van der Waals surface area contributed by atoms with Crippen LogP contribution in [0.2, 0.25) is 0 Å². The molecule has 0 amide bonds. The second-order valence-corrected chi connectivity index (χ2v) is 7.36.